The van der Waals surface area contributed by atoms with Crippen molar-refractivity contribution in [2.45, 2.75) is 58.2 Å². The first kappa shape index (κ1) is 29.5. The summed E-state index contributed by atoms with van der Waals surface area (Å²) in [6, 6.07) is -0.876. The Bertz CT molecular complexity index is 1230. The van der Waals surface area contributed by atoms with Crippen molar-refractivity contribution in [1.29, 1.82) is 0 Å². The molecule has 2 unspecified atom stereocenters. The summed E-state index contributed by atoms with van der Waals surface area (Å²) in [7, 11) is -1.07. The highest BCUT2D eigenvalue weighted by Crippen LogP contribution is 2.47. The van der Waals surface area contributed by atoms with Gasteiger partial charge in [-0.15, -0.1) is 0 Å². The topological polar surface area (TPSA) is 153 Å². The van der Waals surface area contributed by atoms with E-state index in [0.29, 0.717) is 30.0 Å². The number of hydrogen-bond acceptors (Lipinski definition) is 10. The number of nitrogens with two attached hydrogens (primary N) is 1. The van der Waals surface area contributed by atoms with E-state index in [1.165, 1.54) is 14.2 Å². The van der Waals surface area contributed by atoms with Gasteiger partial charge in [-0.05, 0) is 37.7 Å². The first-order valence-corrected chi connectivity index (χ1v) is 14.1. The van der Waals surface area contributed by atoms with Crippen molar-refractivity contribution in [2.24, 2.45) is 5.92 Å². The van der Waals surface area contributed by atoms with Crippen molar-refractivity contribution < 1.29 is 27.9 Å². The molecule has 2 heterocycles. The van der Waals surface area contributed by atoms with Crippen LogP contribution in [0.25, 0.3) is 11.2 Å². The Balaban J connectivity index is 1.62. The van der Waals surface area contributed by atoms with Crippen LogP contribution in [0.5, 0.6) is 5.88 Å². The van der Waals surface area contributed by atoms with Gasteiger partial charge in [0.05, 0.1) is 33.3 Å². The van der Waals surface area contributed by atoms with Crippen molar-refractivity contribution in [3.8, 4) is 5.88 Å². The molecule has 3 N–H and O–H groups in total. The maximum absolute atomic E-state index is 13.7. The van der Waals surface area contributed by atoms with Crippen LogP contribution in [0.1, 0.15) is 39.5 Å². The average Bonchev–Trinajstić information content (AvgIpc) is 3.32. The van der Waals surface area contributed by atoms with Crippen LogP contribution in [0.3, 0.4) is 0 Å². The second kappa shape index (κ2) is 13.7. The first-order chi connectivity index (χ1) is 18.2. The number of aryl methyl sites for hydroxylation is 1. The molecule has 0 aliphatic heterocycles. The van der Waals surface area contributed by atoms with Crippen LogP contribution in [0, 0.1) is 5.92 Å². The zero-order valence-electron chi connectivity index (χ0n) is 22.3. The van der Waals surface area contributed by atoms with Gasteiger partial charge >= 0.3 is 13.7 Å². The molecular weight excluding hydrogens is 511 g/mol. The van der Waals surface area contributed by atoms with E-state index in [9.17, 15) is 9.36 Å². The van der Waals surface area contributed by atoms with Crippen LogP contribution in [-0.2, 0) is 29.7 Å². The molecule has 1 aliphatic carbocycles. The van der Waals surface area contributed by atoms with Gasteiger partial charge in [-0.25, -0.2) is 14.6 Å². The molecule has 208 valence electrons. The van der Waals surface area contributed by atoms with E-state index in [-0.39, 0.29) is 18.5 Å². The van der Waals surface area contributed by atoms with Gasteiger partial charge in [0.1, 0.15) is 6.04 Å². The second-order valence-electron chi connectivity index (χ2n) is 8.93. The van der Waals surface area contributed by atoms with Crippen LogP contribution in [-0.4, -0.2) is 58.5 Å². The summed E-state index contributed by atoms with van der Waals surface area (Å²) in [4.78, 5) is 24.7. The third-order valence-electron chi connectivity index (χ3n) is 6.22. The van der Waals surface area contributed by atoms with E-state index in [2.05, 4.69) is 26.6 Å². The summed E-state index contributed by atoms with van der Waals surface area (Å²) in [5.41, 5.74) is 7.92. The largest absolute Gasteiger partial charge is 0.479 e. The number of hydrogen-bond donors (Lipinski definition) is 2. The van der Waals surface area contributed by atoms with Crippen LogP contribution < -0.4 is 15.6 Å². The van der Waals surface area contributed by atoms with Crippen LogP contribution in [0.4, 0.5) is 5.95 Å². The Hall–Kier alpha value is -3.05. The highest BCUT2D eigenvalue weighted by Gasteiger charge is 2.33. The summed E-state index contributed by atoms with van der Waals surface area (Å²) < 4.78 is 37.4. The molecule has 0 fully saturated rings. The highest BCUT2D eigenvalue weighted by molar-refractivity contribution is 7.51. The number of ether oxygens (including phenoxy) is 2. The molecule has 0 amide bonds. The normalized spacial score (nSPS) is 18.4. The molecule has 1 aliphatic rings. The summed E-state index contributed by atoms with van der Waals surface area (Å²) in [5, 5.41) is 2.72. The predicted octanol–water partition coefficient (Wildman–Crippen LogP) is 3.96. The number of carbonyl (C=O) groups is 1. The van der Waals surface area contributed by atoms with Gasteiger partial charge in [0, 0.05) is 6.54 Å². The summed E-state index contributed by atoms with van der Waals surface area (Å²) >= 11 is 0. The highest BCUT2D eigenvalue weighted by atomic mass is 31.2. The fourth-order valence-electron chi connectivity index (χ4n) is 3.99. The maximum Gasteiger partial charge on any atom is 0.406 e. The van der Waals surface area contributed by atoms with Crippen LogP contribution in [0.15, 0.2) is 42.8 Å². The molecule has 0 saturated carbocycles. The van der Waals surface area contributed by atoms with Gasteiger partial charge in [0.2, 0.25) is 11.8 Å². The molecule has 38 heavy (non-hydrogen) atoms. The monoisotopic (exact) mass is 548 g/mol. The average molecular weight is 549 g/mol. The lowest BCUT2D eigenvalue weighted by Gasteiger charge is -2.27. The molecule has 2 aromatic rings. The summed E-state index contributed by atoms with van der Waals surface area (Å²) in [5.74, 6) is -0.0182. The minimum absolute atomic E-state index is 0.0975. The lowest BCUT2D eigenvalue weighted by molar-refractivity contribution is -0.142. The number of allylic oxidation sites excluding steroid dienone is 3. The number of fused-ring (bicyclic) bond motifs is 1. The number of carbonyl (C=O) groups excluding carboxylic acids is 1. The Morgan fingerprint density at radius 1 is 1.39 bits per heavy atom. The van der Waals surface area contributed by atoms with Crippen molar-refractivity contribution in [2.75, 3.05) is 26.6 Å². The van der Waals surface area contributed by atoms with E-state index in [1.54, 1.807) is 25.4 Å². The smallest absolute Gasteiger partial charge is 0.406 e. The minimum Gasteiger partial charge on any atom is -0.479 e. The van der Waals surface area contributed by atoms with E-state index in [4.69, 9.17) is 24.3 Å². The molecule has 0 aromatic carbocycles. The van der Waals surface area contributed by atoms with E-state index in [1.807, 2.05) is 23.6 Å². The number of aromatic nitrogens is 4. The van der Waals surface area contributed by atoms with Crippen molar-refractivity contribution in [1.82, 2.24) is 24.6 Å². The Labute approximate surface area is 222 Å². The molecule has 0 spiro atoms. The number of methoxy groups -OCH3 is 2. The molecule has 0 radical (unpaired) electrons. The van der Waals surface area contributed by atoms with Gasteiger partial charge in [0.25, 0.3) is 0 Å². The number of imidazole rings is 1. The fraction of sp³-hybridized carbons (Fsp3) is 0.520. The van der Waals surface area contributed by atoms with Crippen molar-refractivity contribution in [3.05, 3.63) is 42.8 Å². The Morgan fingerprint density at radius 3 is 2.82 bits per heavy atom. The van der Waals surface area contributed by atoms with E-state index < -0.39 is 25.9 Å². The van der Waals surface area contributed by atoms with Gasteiger partial charge in [0.15, 0.2) is 11.2 Å². The number of nitrogen functional groups attached to an aromatic ring is 1. The molecule has 13 heteroatoms. The SMILES string of the molecule is C=CC1=CCC(OP(=O)(N[C@@H](C)C(=O)OC)OC[C@@H](CC)CCCn2cnc3c(OC)nc(N)nc32)C=C1. The van der Waals surface area contributed by atoms with Crippen molar-refractivity contribution >= 4 is 30.8 Å². The molecule has 12 nitrogen and oxygen atoms in total. The predicted molar refractivity (Wildman–Crippen MR) is 144 cm³/mol. The third kappa shape index (κ3) is 7.73. The van der Waals surface area contributed by atoms with Crippen molar-refractivity contribution in [3.63, 3.8) is 0 Å². The molecule has 0 saturated heterocycles. The van der Waals surface area contributed by atoms with Gasteiger partial charge in [-0.3, -0.25) is 13.8 Å². The number of nitrogens with one attached hydrogen (secondary N) is 1. The third-order valence-corrected chi connectivity index (χ3v) is 7.96. The van der Waals surface area contributed by atoms with E-state index >= 15 is 0 Å². The molecule has 4 atom stereocenters. The number of anilines is 1. The van der Waals surface area contributed by atoms with Gasteiger partial charge in [-0.1, -0.05) is 44.2 Å². The molecule has 3 rings (SSSR count). The maximum atomic E-state index is 13.7. The molecular formula is C25H37N6O6P. The lowest BCUT2D eigenvalue weighted by Crippen LogP contribution is -2.35. The van der Waals surface area contributed by atoms with Gasteiger partial charge < -0.3 is 19.8 Å². The zero-order valence-corrected chi connectivity index (χ0v) is 23.2. The molecule has 0 bridgehead atoms. The van der Waals surface area contributed by atoms with Crippen LogP contribution >= 0.6 is 7.75 Å². The number of rotatable bonds is 15. The molecule has 2 aromatic heterocycles. The minimum atomic E-state index is -3.85. The number of esters is 1. The number of nitrogens with zero attached hydrogens (tertiary/aromatic N) is 4. The fourth-order valence-corrected chi connectivity index (χ4v) is 5.69. The lowest BCUT2D eigenvalue weighted by atomic mass is 10.0. The second-order valence-corrected chi connectivity index (χ2v) is 10.7. The quantitative estimate of drug-likeness (QED) is 0.246. The summed E-state index contributed by atoms with van der Waals surface area (Å²) in [6.07, 6.45) is 11.4. The first-order valence-electron chi connectivity index (χ1n) is 12.5. The summed E-state index contributed by atoms with van der Waals surface area (Å²) in [6.45, 7) is 8.17. The Morgan fingerprint density at radius 2 is 2.18 bits per heavy atom. The standard InChI is InChI=1S/C25H37N6O6P/c1-6-18-10-12-20(13-11-18)37-38(33,30-17(3)24(32)35-5)36-15-19(7-2)9-8-14-31-16-27-21-22(31)28-25(26)29-23(21)34-4/h6,10-12,16-17,19-20H,1,7-9,13-15H2,2-5H3,(H,30,33)(H2,26,28,29)/t17-,19-,20?,38?/m0/s1. The zero-order chi connectivity index (χ0) is 27.7. The Kier molecular flexibility index (Phi) is 10.6. The van der Waals surface area contributed by atoms with E-state index in [0.717, 1.165) is 24.8 Å². The van der Waals surface area contributed by atoms with Crippen LogP contribution in [0.2, 0.25) is 0 Å². The van der Waals surface area contributed by atoms with Gasteiger partial charge in [-0.2, -0.15) is 9.97 Å².